The molecule has 1 saturated heterocycles. The molecule has 32 heavy (non-hydrogen) atoms. The molecule has 0 aromatic heterocycles. The summed E-state index contributed by atoms with van der Waals surface area (Å²) in [6.07, 6.45) is 5.11. The number of nitrogens with one attached hydrogen (secondary N) is 1. The van der Waals surface area contributed by atoms with Crippen LogP contribution in [0.2, 0.25) is 0 Å². The first-order chi connectivity index (χ1) is 15.5. The molecule has 0 radical (unpaired) electrons. The van der Waals surface area contributed by atoms with E-state index in [0.717, 1.165) is 13.1 Å². The van der Waals surface area contributed by atoms with Gasteiger partial charge in [-0.3, -0.25) is 4.90 Å². The molecule has 2 aliphatic rings. The third kappa shape index (κ3) is 5.30. The largest absolute Gasteiger partial charge is 0.497 e. The van der Waals surface area contributed by atoms with Crippen molar-refractivity contribution in [3.05, 3.63) is 42.5 Å². The van der Waals surface area contributed by atoms with Gasteiger partial charge in [-0.15, -0.1) is 0 Å². The summed E-state index contributed by atoms with van der Waals surface area (Å²) >= 11 is 0. The summed E-state index contributed by atoms with van der Waals surface area (Å²) in [6.45, 7) is 0.191. The molecular formula is C24H29F2N3O3. The molecule has 2 amide bonds. The topological polar surface area (TPSA) is 54.0 Å². The standard InChI is InChI=1S/C24H29F2N3O3/c1-31-20-9-6-17(7-10-20)21-16-18(8-11-22(21)32-23(25)26)27-24(30)29-14-12-28(13-15-29)19-4-2-3-5-19/h6-11,16,19,23H,2-5,12-15H2,1H3,(H,27,30). The minimum Gasteiger partial charge on any atom is -0.497 e. The lowest BCUT2D eigenvalue weighted by atomic mass is 10.0. The molecule has 0 bridgehead atoms. The molecule has 1 saturated carbocycles. The van der Waals surface area contributed by atoms with Crippen LogP contribution in [0, 0.1) is 0 Å². The lowest BCUT2D eigenvalue weighted by Gasteiger charge is -2.38. The molecule has 2 fully saturated rings. The van der Waals surface area contributed by atoms with Gasteiger partial charge in [-0.2, -0.15) is 8.78 Å². The SMILES string of the molecule is COc1ccc(-c2cc(NC(=O)N3CCN(C4CCCC4)CC3)ccc2OC(F)F)cc1. The fourth-order valence-electron chi connectivity index (χ4n) is 4.56. The Morgan fingerprint density at radius 3 is 2.34 bits per heavy atom. The molecule has 4 rings (SSSR count). The second-order valence-corrected chi connectivity index (χ2v) is 8.21. The smallest absolute Gasteiger partial charge is 0.387 e. The molecule has 0 atom stereocenters. The molecule has 0 spiro atoms. The zero-order valence-corrected chi connectivity index (χ0v) is 18.2. The quantitative estimate of drug-likeness (QED) is 0.676. The van der Waals surface area contributed by atoms with E-state index in [9.17, 15) is 13.6 Å². The van der Waals surface area contributed by atoms with Gasteiger partial charge in [0.2, 0.25) is 0 Å². The van der Waals surface area contributed by atoms with E-state index in [1.54, 1.807) is 43.5 Å². The third-order valence-corrected chi connectivity index (χ3v) is 6.29. The highest BCUT2D eigenvalue weighted by molar-refractivity contribution is 5.91. The summed E-state index contributed by atoms with van der Waals surface area (Å²) in [5.41, 5.74) is 1.68. The Kier molecular flexibility index (Phi) is 7.09. The van der Waals surface area contributed by atoms with Gasteiger partial charge in [0, 0.05) is 43.5 Å². The first-order valence-corrected chi connectivity index (χ1v) is 11.1. The third-order valence-electron chi connectivity index (χ3n) is 6.29. The summed E-state index contributed by atoms with van der Waals surface area (Å²) < 4.78 is 35.7. The first kappa shape index (κ1) is 22.3. The number of alkyl halides is 2. The Balaban J connectivity index is 1.45. The highest BCUT2D eigenvalue weighted by Crippen LogP contribution is 2.35. The number of hydrogen-bond acceptors (Lipinski definition) is 4. The Morgan fingerprint density at radius 2 is 1.72 bits per heavy atom. The number of anilines is 1. The van der Waals surface area contributed by atoms with Gasteiger partial charge in [0.1, 0.15) is 11.5 Å². The molecule has 6 nitrogen and oxygen atoms in total. The van der Waals surface area contributed by atoms with Crippen LogP contribution < -0.4 is 14.8 Å². The van der Waals surface area contributed by atoms with Crippen molar-refractivity contribution in [2.24, 2.45) is 0 Å². The number of urea groups is 1. The molecule has 8 heteroatoms. The number of piperazine rings is 1. The number of nitrogens with zero attached hydrogens (tertiary/aromatic N) is 2. The average Bonchev–Trinajstić information content (AvgIpc) is 3.35. The van der Waals surface area contributed by atoms with Crippen molar-refractivity contribution in [1.29, 1.82) is 0 Å². The highest BCUT2D eigenvalue weighted by atomic mass is 19.3. The van der Waals surface area contributed by atoms with Crippen LogP contribution in [0.25, 0.3) is 11.1 Å². The number of ether oxygens (including phenoxy) is 2. The zero-order valence-electron chi connectivity index (χ0n) is 18.2. The van der Waals surface area contributed by atoms with Crippen LogP contribution in [0.3, 0.4) is 0 Å². The number of carbonyl (C=O) groups is 1. The van der Waals surface area contributed by atoms with Gasteiger partial charge in [-0.1, -0.05) is 25.0 Å². The van der Waals surface area contributed by atoms with E-state index < -0.39 is 6.61 Å². The maximum absolute atomic E-state index is 12.9. The van der Waals surface area contributed by atoms with Gasteiger partial charge in [0.05, 0.1) is 7.11 Å². The summed E-state index contributed by atoms with van der Waals surface area (Å²) in [4.78, 5) is 17.1. The van der Waals surface area contributed by atoms with Crippen molar-refractivity contribution in [3.63, 3.8) is 0 Å². The Hall–Kier alpha value is -2.87. The number of benzene rings is 2. The lowest BCUT2D eigenvalue weighted by Crippen LogP contribution is -2.52. The van der Waals surface area contributed by atoms with Gasteiger partial charge in [0.25, 0.3) is 0 Å². The Labute approximate surface area is 187 Å². The number of rotatable bonds is 6. The first-order valence-electron chi connectivity index (χ1n) is 11.1. The van der Waals surface area contributed by atoms with Crippen molar-refractivity contribution < 1.29 is 23.0 Å². The van der Waals surface area contributed by atoms with Crippen molar-refractivity contribution in [3.8, 4) is 22.6 Å². The van der Waals surface area contributed by atoms with Gasteiger partial charge in [-0.05, 0) is 48.7 Å². The van der Waals surface area contributed by atoms with E-state index in [-0.39, 0.29) is 11.8 Å². The minimum atomic E-state index is -2.94. The van der Waals surface area contributed by atoms with E-state index in [4.69, 9.17) is 9.47 Å². The second kappa shape index (κ2) is 10.2. The molecule has 1 aliphatic carbocycles. The lowest BCUT2D eigenvalue weighted by molar-refractivity contribution is -0.0494. The molecular weight excluding hydrogens is 416 g/mol. The number of amides is 2. The minimum absolute atomic E-state index is 0.0494. The van der Waals surface area contributed by atoms with Crippen LogP contribution in [0.4, 0.5) is 19.3 Å². The molecule has 2 aromatic rings. The van der Waals surface area contributed by atoms with Crippen molar-refractivity contribution in [2.75, 3.05) is 38.6 Å². The predicted molar refractivity (Wildman–Crippen MR) is 119 cm³/mol. The number of methoxy groups -OCH3 is 1. The van der Waals surface area contributed by atoms with E-state index >= 15 is 0 Å². The summed E-state index contributed by atoms with van der Waals surface area (Å²) in [6, 6.07) is 12.2. The normalized spacial score (nSPS) is 17.6. The zero-order chi connectivity index (χ0) is 22.5. The van der Waals surface area contributed by atoms with Gasteiger partial charge in [0.15, 0.2) is 0 Å². The summed E-state index contributed by atoms with van der Waals surface area (Å²) in [5, 5.41) is 2.91. The van der Waals surface area contributed by atoms with Crippen LogP contribution in [0.5, 0.6) is 11.5 Å². The van der Waals surface area contributed by atoms with Crippen molar-refractivity contribution in [1.82, 2.24) is 9.80 Å². The van der Waals surface area contributed by atoms with Crippen LogP contribution in [-0.4, -0.2) is 61.8 Å². The predicted octanol–water partition coefficient (Wildman–Crippen LogP) is 5.06. The maximum atomic E-state index is 12.9. The highest BCUT2D eigenvalue weighted by Gasteiger charge is 2.28. The fraction of sp³-hybridized carbons (Fsp3) is 0.458. The van der Waals surface area contributed by atoms with Crippen LogP contribution in [0.15, 0.2) is 42.5 Å². The monoisotopic (exact) mass is 445 g/mol. The van der Waals surface area contributed by atoms with Crippen molar-refractivity contribution >= 4 is 11.7 Å². The molecule has 2 aromatic carbocycles. The second-order valence-electron chi connectivity index (χ2n) is 8.21. The fourth-order valence-corrected chi connectivity index (χ4v) is 4.56. The molecule has 1 heterocycles. The van der Waals surface area contributed by atoms with E-state index in [1.807, 2.05) is 4.90 Å². The molecule has 1 N–H and O–H groups in total. The van der Waals surface area contributed by atoms with E-state index in [1.165, 1.54) is 31.7 Å². The Morgan fingerprint density at radius 1 is 1.03 bits per heavy atom. The number of halogens is 2. The van der Waals surface area contributed by atoms with Crippen LogP contribution in [-0.2, 0) is 0 Å². The van der Waals surface area contributed by atoms with Crippen molar-refractivity contribution in [2.45, 2.75) is 38.3 Å². The van der Waals surface area contributed by atoms with E-state index in [0.29, 0.717) is 41.7 Å². The molecule has 172 valence electrons. The van der Waals surface area contributed by atoms with E-state index in [2.05, 4.69) is 10.2 Å². The molecule has 1 aliphatic heterocycles. The Bertz CT molecular complexity index is 909. The van der Waals surface area contributed by atoms with Gasteiger partial charge < -0.3 is 19.7 Å². The number of carbonyl (C=O) groups excluding carboxylic acids is 1. The summed E-state index contributed by atoms with van der Waals surface area (Å²) in [7, 11) is 1.56. The van der Waals surface area contributed by atoms with Crippen LogP contribution in [0.1, 0.15) is 25.7 Å². The maximum Gasteiger partial charge on any atom is 0.387 e. The molecule has 0 unspecified atom stereocenters. The van der Waals surface area contributed by atoms with Crippen LogP contribution >= 0.6 is 0 Å². The summed E-state index contributed by atoms with van der Waals surface area (Å²) in [5.74, 6) is 0.708. The van der Waals surface area contributed by atoms with Gasteiger partial charge >= 0.3 is 12.6 Å². The van der Waals surface area contributed by atoms with Gasteiger partial charge in [-0.25, -0.2) is 4.79 Å². The number of hydrogen-bond donors (Lipinski definition) is 1. The average molecular weight is 446 g/mol.